The van der Waals surface area contributed by atoms with Crippen molar-refractivity contribution in [1.82, 2.24) is 10.2 Å². The normalized spacial score (nSPS) is 23.5. The summed E-state index contributed by atoms with van der Waals surface area (Å²) in [6.07, 6.45) is 5.87. The fraction of sp³-hybridized carbons (Fsp3) is 0.870. The number of amides is 1. The number of nitrogens with zero attached hydrogens (tertiary/aromatic N) is 1. The second-order valence-corrected chi connectivity index (χ2v) is 9.79. The van der Waals surface area contributed by atoms with Gasteiger partial charge in [0.2, 0.25) is 5.91 Å². The molecule has 0 unspecified atom stereocenters. The molecular formula is C23H47N3O7. The van der Waals surface area contributed by atoms with Crippen LogP contribution in [0.5, 0.6) is 0 Å². The van der Waals surface area contributed by atoms with Crippen LogP contribution < -0.4 is 11.1 Å². The molecule has 2 rings (SSSR count). The van der Waals surface area contributed by atoms with Gasteiger partial charge in [-0.05, 0) is 66.2 Å². The molecule has 10 heteroatoms. The van der Waals surface area contributed by atoms with Gasteiger partial charge in [-0.25, -0.2) is 4.79 Å². The number of carbonyl (C=O) groups is 3. The van der Waals surface area contributed by atoms with Crippen LogP contribution in [0, 0.1) is 5.92 Å². The van der Waals surface area contributed by atoms with Crippen LogP contribution in [0.2, 0.25) is 0 Å². The van der Waals surface area contributed by atoms with E-state index in [9.17, 15) is 19.5 Å². The monoisotopic (exact) mass is 477 g/mol. The summed E-state index contributed by atoms with van der Waals surface area (Å²) in [6, 6.07) is -1.92. The fourth-order valence-electron chi connectivity index (χ4n) is 4.39. The summed E-state index contributed by atoms with van der Waals surface area (Å²) in [4.78, 5) is 38.5. The zero-order valence-electron chi connectivity index (χ0n) is 21.1. The molecule has 33 heavy (non-hydrogen) atoms. The van der Waals surface area contributed by atoms with E-state index in [2.05, 4.69) is 5.32 Å². The van der Waals surface area contributed by atoms with Gasteiger partial charge in [0.25, 0.3) is 0 Å². The Hall–Kier alpha value is -1.75. The smallest absolute Gasteiger partial charge is 0.326 e. The lowest BCUT2D eigenvalue weighted by molar-refractivity contribution is -0.152. The number of likely N-dealkylation sites (tertiary alicyclic amines) is 1. The number of nitrogens with two attached hydrogens (primary N) is 1. The molecule has 10 nitrogen and oxygen atoms in total. The molecule has 5 atom stereocenters. The maximum atomic E-state index is 13.1. The van der Waals surface area contributed by atoms with Gasteiger partial charge in [0.05, 0.1) is 12.6 Å². The van der Waals surface area contributed by atoms with E-state index in [0.29, 0.717) is 19.4 Å². The quantitative estimate of drug-likeness (QED) is 0.436. The number of nitrogens with one attached hydrogen (secondary N) is 1. The average Bonchev–Trinajstić information content (AvgIpc) is 3.05. The van der Waals surface area contributed by atoms with Crippen molar-refractivity contribution < 1.29 is 35.2 Å². The Morgan fingerprint density at radius 1 is 1.15 bits per heavy atom. The lowest BCUT2D eigenvalue weighted by Crippen LogP contribution is -2.55. The summed E-state index contributed by atoms with van der Waals surface area (Å²) in [7, 11) is 0. The molecule has 1 saturated heterocycles. The van der Waals surface area contributed by atoms with Gasteiger partial charge in [0.1, 0.15) is 12.1 Å². The topological polar surface area (TPSA) is 185 Å². The van der Waals surface area contributed by atoms with E-state index in [4.69, 9.17) is 10.5 Å². The van der Waals surface area contributed by atoms with Gasteiger partial charge < -0.3 is 31.4 Å². The molecule has 0 spiro atoms. The first-order valence-corrected chi connectivity index (χ1v) is 11.7. The van der Waals surface area contributed by atoms with E-state index < -0.39 is 24.1 Å². The third kappa shape index (κ3) is 10.8. The molecule has 0 aromatic rings. The van der Waals surface area contributed by atoms with Crippen LogP contribution in [-0.2, 0) is 19.1 Å². The summed E-state index contributed by atoms with van der Waals surface area (Å²) in [6.45, 7) is 11.6. The van der Waals surface area contributed by atoms with E-state index >= 15 is 0 Å². The van der Waals surface area contributed by atoms with Crippen molar-refractivity contribution in [3.8, 4) is 0 Å². The van der Waals surface area contributed by atoms with Crippen molar-refractivity contribution in [2.24, 2.45) is 11.7 Å². The second-order valence-electron chi connectivity index (χ2n) is 9.79. The number of ether oxygens (including phenoxy) is 1. The van der Waals surface area contributed by atoms with Gasteiger partial charge in [0.15, 0.2) is 0 Å². The van der Waals surface area contributed by atoms with Crippen LogP contribution in [0.4, 0.5) is 0 Å². The number of rotatable bonds is 8. The van der Waals surface area contributed by atoms with Gasteiger partial charge in [0, 0.05) is 11.6 Å². The number of esters is 1. The number of hydrogen-bond acceptors (Lipinski definition) is 6. The van der Waals surface area contributed by atoms with Crippen molar-refractivity contribution in [2.75, 3.05) is 6.61 Å². The Morgan fingerprint density at radius 3 is 2.18 bits per heavy atom. The summed E-state index contributed by atoms with van der Waals surface area (Å²) in [5, 5.41) is 12.7. The summed E-state index contributed by atoms with van der Waals surface area (Å²) in [5.41, 5.74) is 5.35. The van der Waals surface area contributed by atoms with Crippen LogP contribution in [-0.4, -0.2) is 75.1 Å². The maximum Gasteiger partial charge on any atom is 0.326 e. The highest BCUT2D eigenvalue weighted by molar-refractivity contribution is 5.88. The molecule has 0 radical (unpaired) electrons. The zero-order chi connectivity index (χ0) is 23.8. The Kier molecular flexibility index (Phi) is 15.4. The van der Waals surface area contributed by atoms with E-state index in [-0.39, 0.29) is 40.3 Å². The summed E-state index contributed by atoms with van der Waals surface area (Å²) >= 11 is 0. The molecule has 1 heterocycles. The Bertz CT molecular complexity index is 603. The fourth-order valence-corrected chi connectivity index (χ4v) is 4.39. The summed E-state index contributed by atoms with van der Waals surface area (Å²) in [5.74, 6) is -1.24. The molecular weight excluding hydrogens is 430 g/mol. The minimum atomic E-state index is -0.935. The lowest BCUT2D eigenvalue weighted by Gasteiger charge is -2.35. The minimum absolute atomic E-state index is 0. The van der Waals surface area contributed by atoms with E-state index in [1.807, 2.05) is 27.7 Å². The number of fused-ring (bicyclic) bond motifs is 1. The van der Waals surface area contributed by atoms with Crippen LogP contribution in [0.25, 0.3) is 0 Å². The third-order valence-electron chi connectivity index (χ3n) is 5.60. The zero-order valence-corrected chi connectivity index (χ0v) is 21.1. The average molecular weight is 478 g/mol. The first-order valence-electron chi connectivity index (χ1n) is 11.7. The van der Waals surface area contributed by atoms with E-state index in [0.717, 1.165) is 32.1 Å². The number of carbonyl (C=O) groups excluding carboxylic acids is 2. The highest BCUT2D eigenvalue weighted by Gasteiger charge is 2.48. The standard InChI is InChI=1S/C19H32N2O5.C4H11N.2H2O/c1-4-8-14(19(25)26-5-2)20-12(3)17(22)21-15-10-7-6-9-13(15)11-16(21)18(23)24;1-4(2,3)5;;/h12-16,20H,4-11H2,1-3H3,(H,23,24);5H2,1-3H3;2*1H2/t12-,13-,14-,15-,16-;;;/m0.../s1. The Morgan fingerprint density at radius 2 is 1.70 bits per heavy atom. The van der Waals surface area contributed by atoms with Crippen LogP contribution in [0.1, 0.15) is 86.5 Å². The molecule has 2 fully saturated rings. The number of carboxylic acid groups (broad SMARTS) is 1. The van der Waals surface area contributed by atoms with Gasteiger partial charge in [-0.1, -0.05) is 26.2 Å². The van der Waals surface area contributed by atoms with E-state index in [1.165, 1.54) is 0 Å². The highest BCUT2D eigenvalue weighted by atomic mass is 16.5. The molecule has 0 aromatic carbocycles. The summed E-state index contributed by atoms with van der Waals surface area (Å²) < 4.78 is 5.09. The molecule has 196 valence electrons. The third-order valence-corrected chi connectivity index (χ3v) is 5.60. The first-order chi connectivity index (χ1) is 14.4. The Labute approximate surface area is 198 Å². The van der Waals surface area contributed by atoms with Gasteiger partial charge >= 0.3 is 11.9 Å². The second kappa shape index (κ2) is 15.2. The van der Waals surface area contributed by atoms with Crippen LogP contribution >= 0.6 is 0 Å². The largest absolute Gasteiger partial charge is 0.480 e. The highest BCUT2D eigenvalue weighted by Crippen LogP contribution is 2.40. The predicted molar refractivity (Wildman–Crippen MR) is 128 cm³/mol. The van der Waals surface area contributed by atoms with Gasteiger partial charge in [-0.15, -0.1) is 0 Å². The number of carboxylic acids is 1. The van der Waals surface area contributed by atoms with E-state index in [1.54, 1.807) is 18.7 Å². The van der Waals surface area contributed by atoms with Gasteiger partial charge in [-0.2, -0.15) is 0 Å². The SMILES string of the molecule is CC(C)(C)N.CCC[C@H](N[C@@H](C)C(=O)N1[C@H](C(=O)O)C[C@@H]2CCCC[C@@H]21)C(=O)OCC.O.O. The van der Waals surface area contributed by atoms with Crippen molar-refractivity contribution in [1.29, 1.82) is 0 Å². The first kappa shape index (κ1) is 33.4. The molecule has 1 aliphatic heterocycles. The maximum absolute atomic E-state index is 13.1. The number of hydrogen-bond donors (Lipinski definition) is 3. The lowest BCUT2D eigenvalue weighted by atomic mass is 9.84. The minimum Gasteiger partial charge on any atom is -0.480 e. The number of aliphatic carboxylic acids is 1. The molecule has 1 aliphatic carbocycles. The van der Waals surface area contributed by atoms with Crippen molar-refractivity contribution in [3.63, 3.8) is 0 Å². The van der Waals surface area contributed by atoms with Crippen molar-refractivity contribution in [2.45, 2.75) is 116 Å². The molecule has 1 saturated carbocycles. The molecule has 1 amide bonds. The molecule has 0 bridgehead atoms. The molecule has 0 aromatic heterocycles. The Balaban J connectivity index is 0. The molecule has 2 aliphatic rings. The van der Waals surface area contributed by atoms with Gasteiger partial charge in [-0.3, -0.25) is 14.9 Å². The molecule has 8 N–H and O–H groups in total. The predicted octanol–water partition coefficient (Wildman–Crippen LogP) is 1.03. The van der Waals surface area contributed by atoms with Crippen LogP contribution in [0.3, 0.4) is 0 Å². The van der Waals surface area contributed by atoms with Crippen LogP contribution in [0.15, 0.2) is 0 Å². The van der Waals surface area contributed by atoms with Crippen molar-refractivity contribution in [3.05, 3.63) is 0 Å². The van der Waals surface area contributed by atoms with Crippen molar-refractivity contribution >= 4 is 17.8 Å².